The lowest BCUT2D eigenvalue weighted by Gasteiger charge is -2.44. The van der Waals surface area contributed by atoms with E-state index in [4.69, 9.17) is 0 Å². The summed E-state index contributed by atoms with van der Waals surface area (Å²) in [4.78, 5) is 0. The van der Waals surface area contributed by atoms with Crippen molar-refractivity contribution < 1.29 is 10.2 Å². The van der Waals surface area contributed by atoms with Crippen molar-refractivity contribution in [2.24, 2.45) is 35.0 Å². The van der Waals surface area contributed by atoms with Gasteiger partial charge in [-0.1, -0.05) is 76.6 Å². The molecule has 5 atom stereocenters. The van der Waals surface area contributed by atoms with Gasteiger partial charge < -0.3 is 10.2 Å². The van der Waals surface area contributed by atoms with E-state index >= 15 is 0 Å². The first-order valence-corrected chi connectivity index (χ1v) is 12.2. The summed E-state index contributed by atoms with van der Waals surface area (Å²) in [6.07, 6.45) is 17.2. The largest absolute Gasteiger partial charge is 0.365 e. The van der Waals surface area contributed by atoms with E-state index in [2.05, 4.69) is 65.5 Å². The van der Waals surface area contributed by atoms with Gasteiger partial charge in [-0.05, 0) is 79.1 Å². The zero-order valence-electron chi connectivity index (χ0n) is 20.0. The first kappa shape index (κ1) is 23.5. The maximum absolute atomic E-state index is 10.1. The lowest BCUT2D eigenvalue weighted by molar-refractivity contribution is -0.166. The molecule has 0 bridgehead atoms. The fraction of sp³-hybridized carbons (Fsp3) is 0.714. The molecule has 0 radical (unpaired) electrons. The first-order valence-electron chi connectivity index (χ1n) is 12.2. The average Bonchev–Trinajstić information content (AvgIpc) is 3.04. The minimum atomic E-state index is -1.57. The Labute approximate surface area is 184 Å². The molecule has 0 amide bonds. The highest BCUT2D eigenvalue weighted by molar-refractivity contribution is 5.37. The Bertz CT molecular complexity index is 723. The zero-order valence-corrected chi connectivity index (χ0v) is 20.0. The van der Waals surface area contributed by atoms with Gasteiger partial charge in [-0.15, -0.1) is 0 Å². The van der Waals surface area contributed by atoms with Crippen LogP contribution in [-0.4, -0.2) is 16.0 Å². The van der Waals surface area contributed by atoms with Crippen LogP contribution in [0.2, 0.25) is 0 Å². The second-order valence-corrected chi connectivity index (χ2v) is 11.1. The monoisotopic (exact) mass is 412 g/mol. The van der Waals surface area contributed by atoms with Gasteiger partial charge in [0.05, 0.1) is 0 Å². The molecule has 3 aliphatic rings. The number of hydrogen-bond acceptors (Lipinski definition) is 2. The van der Waals surface area contributed by atoms with Crippen LogP contribution in [0.3, 0.4) is 0 Å². The number of rotatable bonds is 5. The zero-order chi connectivity index (χ0) is 22.1. The van der Waals surface area contributed by atoms with Gasteiger partial charge in [0.1, 0.15) is 0 Å². The van der Waals surface area contributed by atoms with Gasteiger partial charge >= 0.3 is 0 Å². The smallest absolute Gasteiger partial charge is 0.166 e. The number of fused-ring (bicyclic) bond motifs is 1. The van der Waals surface area contributed by atoms with Crippen LogP contribution in [0.15, 0.2) is 47.6 Å². The summed E-state index contributed by atoms with van der Waals surface area (Å²) in [5, 5.41) is 20.1. The Kier molecular flexibility index (Phi) is 7.19. The summed E-state index contributed by atoms with van der Waals surface area (Å²) >= 11 is 0. The number of hydrogen-bond donors (Lipinski definition) is 2. The van der Waals surface area contributed by atoms with Gasteiger partial charge in [-0.3, -0.25) is 0 Å². The summed E-state index contributed by atoms with van der Waals surface area (Å²) in [6.45, 7) is 16.1. The minimum Gasteiger partial charge on any atom is -0.365 e. The molecule has 30 heavy (non-hydrogen) atoms. The average molecular weight is 413 g/mol. The van der Waals surface area contributed by atoms with E-state index in [9.17, 15) is 10.2 Å². The van der Waals surface area contributed by atoms with Crippen LogP contribution in [0.1, 0.15) is 86.0 Å². The molecule has 0 heterocycles. The molecule has 0 aromatic rings. The molecule has 0 aliphatic heterocycles. The van der Waals surface area contributed by atoms with Crippen LogP contribution >= 0.6 is 0 Å². The molecule has 0 aromatic carbocycles. The summed E-state index contributed by atoms with van der Waals surface area (Å²) in [5.41, 5.74) is 4.03. The van der Waals surface area contributed by atoms with E-state index in [1.165, 1.54) is 32.1 Å². The molecule has 3 aliphatic carbocycles. The third kappa shape index (κ3) is 5.02. The first-order chi connectivity index (χ1) is 14.0. The van der Waals surface area contributed by atoms with Gasteiger partial charge in [0, 0.05) is 12.8 Å². The quantitative estimate of drug-likeness (QED) is 0.378. The highest BCUT2D eigenvalue weighted by atomic mass is 16.5. The van der Waals surface area contributed by atoms with Gasteiger partial charge in [-0.2, -0.15) is 0 Å². The van der Waals surface area contributed by atoms with E-state index in [-0.39, 0.29) is 0 Å². The maximum Gasteiger partial charge on any atom is 0.166 e. The summed E-state index contributed by atoms with van der Waals surface area (Å²) < 4.78 is 0. The van der Waals surface area contributed by atoms with E-state index < -0.39 is 5.79 Å². The SMILES string of the molecule is C=C1CCC(O)(O)C/C1=C/C=C1\CCC[C@]2(C)[C@@H]([C@H](C)/C=C/[C@H](C)C(C)C)CC[C@@H]12. The number of aliphatic hydroxyl groups is 2. The Hall–Kier alpha value is -1.12. The fourth-order valence-corrected chi connectivity index (χ4v) is 6.26. The molecule has 0 unspecified atom stereocenters. The van der Waals surface area contributed by atoms with Crippen LogP contribution in [0.5, 0.6) is 0 Å². The van der Waals surface area contributed by atoms with Crippen molar-refractivity contribution in [3.63, 3.8) is 0 Å². The summed E-state index contributed by atoms with van der Waals surface area (Å²) in [7, 11) is 0. The Morgan fingerprint density at radius 2 is 1.73 bits per heavy atom. The number of allylic oxidation sites excluding steroid dienone is 6. The molecule has 2 N–H and O–H groups in total. The molecule has 2 nitrogen and oxygen atoms in total. The Morgan fingerprint density at radius 1 is 1.00 bits per heavy atom. The molecule has 0 spiro atoms. The van der Waals surface area contributed by atoms with Crippen LogP contribution in [-0.2, 0) is 0 Å². The fourth-order valence-electron chi connectivity index (χ4n) is 6.26. The van der Waals surface area contributed by atoms with Crippen LogP contribution in [0, 0.1) is 35.0 Å². The van der Waals surface area contributed by atoms with Crippen molar-refractivity contribution >= 4 is 0 Å². The standard InChI is InChI=1S/C28H44O2/c1-19(2)20(3)9-10-22(5)25-13-14-26-23(8-7-16-27(25,26)6)11-12-24-18-28(29,30)17-15-21(24)4/h9-12,19-20,22,25-26,29-30H,4,7-8,13-18H2,1-3,5-6H3/b10-9+,23-11+,24-12-/t20-,22+,25+,26-,27+/m0/s1. The normalized spacial score (nSPS) is 36.6. The molecule has 168 valence electrons. The topological polar surface area (TPSA) is 40.5 Å². The van der Waals surface area contributed by atoms with E-state index in [0.29, 0.717) is 48.3 Å². The summed E-state index contributed by atoms with van der Waals surface area (Å²) in [6, 6.07) is 0. The Balaban J connectivity index is 1.76. The molecular weight excluding hydrogens is 368 g/mol. The third-order valence-electron chi connectivity index (χ3n) is 8.70. The van der Waals surface area contributed by atoms with Crippen molar-refractivity contribution in [3.05, 3.63) is 47.6 Å². The summed E-state index contributed by atoms with van der Waals surface area (Å²) in [5.74, 6) is 1.81. The van der Waals surface area contributed by atoms with Gasteiger partial charge in [0.2, 0.25) is 0 Å². The van der Waals surface area contributed by atoms with Crippen molar-refractivity contribution in [2.75, 3.05) is 0 Å². The second kappa shape index (κ2) is 9.17. The highest BCUT2D eigenvalue weighted by Crippen LogP contribution is 2.59. The van der Waals surface area contributed by atoms with Gasteiger partial charge in [-0.25, -0.2) is 0 Å². The minimum absolute atomic E-state index is 0.302. The predicted octanol–water partition coefficient (Wildman–Crippen LogP) is 6.96. The highest BCUT2D eigenvalue weighted by Gasteiger charge is 2.50. The molecule has 2 heteroatoms. The lowest BCUT2D eigenvalue weighted by atomic mass is 9.61. The van der Waals surface area contributed by atoms with Crippen LogP contribution < -0.4 is 0 Å². The van der Waals surface area contributed by atoms with Crippen molar-refractivity contribution in [2.45, 2.75) is 91.8 Å². The molecular formula is C28H44O2. The van der Waals surface area contributed by atoms with Gasteiger partial charge in [0.25, 0.3) is 0 Å². The molecule has 3 rings (SSSR count). The molecule has 0 aromatic heterocycles. The predicted molar refractivity (Wildman–Crippen MR) is 127 cm³/mol. The van der Waals surface area contributed by atoms with E-state index in [1.807, 2.05) is 0 Å². The Morgan fingerprint density at radius 3 is 2.43 bits per heavy atom. The van der Waals surface area contributed by atoms with Crippen molar-refractivity contribution in [1.82, 2.24) is 0 Å². The molecule has 0 saturated heterocycles. The second-order valence-electron chi connectivity index (χ2n) is 11.1. The van der Waals surface area contributed by atoms with Crippen molar-refractivity contribution in [1.29, 1.82) is 0 Å². The lowest BCUT2D eigenvalue weighted by Crippen LogP contribution is -2.35. The van der Waals surface area contributed by atoms with Crippen LogP contribution in [0.4, 0.5) is 0 Å². The van der Waals surface area contributed by atoms with Crippen molar-refractivity contribution in [3.8, 4) is 0 Å². The third-order valence-corrected chi connectivity index (χ3v) is 8.70. The van der Waals surface area contributed by atoms with E-state index in [0.717, 1.165) is 17.1 Å². The van der Waals surface area contributed by atoms with Gasteiger partial charge in [0.15, 0.2) is 5.79 Å². The maximum atomic E-state index is 10.1. The molecule has 3 fully saturated rings. The van der Waals surface area contributed by atoms with E-state index in [1.54, 1.807) is 5.57 Å². The van der Waals surface area contributed by atoms with Crippen LogP contribution in [0.25, 0.3) is 0 Å². The molecule has 3 saturated carbocycles.